The summed E-state index contributed by atoms with van der Waals surface area (Å²) in [7, 11) is 1.60. The number of ether oxygens (including phenoxy) is 2. The van der Waals surface area contributed by atoms with E-state index in [4.69, 9.17) is 21.1 Å². The van der Waals surface area contributed by atoms with Crippen molar-refractivity contribution in [3.05, 3.63) is 59.1 Å². The smallest absolute Gasteiger partial charge is 0.269 e. The number of hydrogen-bond donors (Lipinski definition) is 2. The van der Waals surface area contributed by atoms with Gasteiger partial charge in [0.05, 0.1) is 13.7 Å². The fourth-order valence-electron chi connectivity index (χ4n) is 1.99. The fraction of sp³-hybridized carbons (Fsp3) is 0.222. The maximum absolute atomic E-state index is 11.8. The first-order chi connectivity index (χ1) is 12.1. The van der Waals surface area contributed by atoms with Gasteiger partial charge in [-0.2, -0.15) is 0 Å². The van der Waals surface area contributed by atoms with Gasteiger partial charge in [-0.05, 0) is 48.9 Å². The van der Waals surface area contributed by atoms with Crippen molar-refractivity contribution in [2.24, 2.45) is 0 Å². The Kier molecular flexibility index (Phi) is 7.10. The minimum absolute atomic E-state index is 0.228. The van der Waals surface area contributed by atoms with Crippen molar-refractivity contribution in [3.63, 3.8) is 0 Å². The molecule has 0 saturated heterocycles. The predicted molar refractivity (Wildman–Crippen MR) is 94.8 cm³/mol. The number of benzene rings is 2. The van der Waals surface area contributed by atoms with Gasteiger partial charge in [-0.1, -0.05) is 17.7 Å². The Bertz CT molecular complexity index is 719. The molecule has 2 aromatic rings. The van der Waals surface area contributed by atoms with E-state index in [1.807, 2.05) is 0 Å². The van der Waals surface area contributed by atoms with Gasteiger partial charge < -0.3 is 9.47 Å². The molecule has 0 unspecified atom stereocenters. The maximum Gasteiger partial charge on any atom is 0.269 e. The van der Waals surface area contributed by atoms with Crippen LogP contribution < -0.4 is 20.3 Å². The van der Waals surface area contributed by atoms with Crippen LogP contribution in [0, 0.1) is 0 Å². The van der Waals surface area contributed by atoms with E-state index in [0.717, 1.165) is 5.75 Å². The van der Waals surface area contributed by atoms with Crippen LogP contribution in [-0.4, -0.2) is 25.5 Å². The standard InChI is InChI=1S/C18H19ClN2O4/c1-24-15-7-9-16(10-8-15)25-11-3-6-17(22)20-21-18(23)13-4-2-5-14(19)12-13/h2,4-5,7-10,12H,3,6,11H2,1H3,(H,20,22)(H,21,23). The number of halogens is 1. The molecular formula is C18H19ClN2O4. The molecule has 2 amide bonds. The van der Waals surface area contributed by atoms with Gasteiger partial charge >= 0.3 is 0 Å². The Morgan fingerprint density at radius 3 is 2.44 bits per heavy atom. The summed E-state index contributed by atoms with van der Waals surface area (Å²) in [5.41, 5.74) is 5.08. The van der Waals surface area contributed by atoms with Crippen molar-refractivity contribution >= 4 is 23.4 Å². The normalized spacial score (nSPS) is 10.0. The maximum atomic E-state index is 11.8. The van der Waals surface area contributed by atoms with Crippen LogP contribution in [0.5, 0.6) is 11.5 Å². The fourth-order valence-corrected chi connectivity index (χ4v) is 2.18. The molecular weight excluding hydrogens is 344 g/mol. The van der Waals surface area contributed by atoms with Gasteiger partial charge in [-0.15, -0.1) is 0 Å². The van der Waals surface area contributed by atoms with E-state index in [9.17, 15) is 9.59 Å². The predicted octanol–water partition coefficient (Wildman–Crippen LogP) is 2.97. The topological polar surface area (TPSA) is 76.7 Å². The molecule has 2 N–H and O–H groups in total. The summed E-state index contributed by atoms with van der Waals surface area (Å²) in [4.78, 5) is 23.6. The van der Waals surface area contributed by atoms with Crippen molar-refractivity contribution in [1.82, 2.24) is 10.9 Å². The molecule has 2 aromatic carbocycles. The molecule has 0 fully saturated rings. The van der Waals surface area contributed by atoms with Crippen molar-refractivity contribution in [3.8, 4) is 11.5 Å². The molecule has 6 nitrogen and oxygen atoms in total. The lowest BCUT2D eigenvalue weighted by Gasteiger charge is -2.09. The largest absolute Gasteiger partial charge is 0.497 e. The average molecular weight is 363 g/mol. The number of hydrogen-bond acceptors (Lipinski definition) is 4. The van der Waals surface area contributed by atoms with Crippen molar-refractivity contribution in [2.45, 2.75) is 12.8 Å². The summed E-state index contributed by atoms with van der Waals surface area (Å²) < 4.78 is 10.6. The van der Waals surface area contributed by atoms with Gasteiger partial charge in [0.15, 0.2) is 0 Å². The number of nitrogens with one attached hydrogen (secondary N) is 2. The monoisotopic (exact) mass is 362 g/mol. The van der Waals surface area contributed by atoms with Crippen LogP contribution >= 0.6 is 11.6 Å². The summed E-state index contributed by atoms with van der Waals surface area (Å²) in [6, 6.07) is 13.6. The molecule has 25 heavy (non-hydrogen) atoms. The third-order valence-corrected chi connectivity index (χ3v) is 3.51. The molecule has 0 aliphatic carbocycles. The van der Waals surface area contributed by atoms with E-state index in [1.54, 1.807) is 49.6 Å². The number of methoxy groups -OCH3 is 1. The summed E-state index contributed by atoms with van der Waals surface area (Å²) in [6.45, 7) is 0.391. The van der Waals surface area contributed by atoms with Gasteiger partial charge in [0.1, 0.15) is 11.5 Å². The van der Waals surface area contributed by atoms with Crippen molar-refractivity contribution < 1.29 is 19.1 Å². The highest BCUT2D eigenvalue weighted by Gasteiger charge is 2.07. The number of carbonyl (C=O) groups excluding carboxylic acids is 2. The lowest BCUT2D eigenvalue weighted by Crippen LogP contribution is -2.41. The van der Waals surface area contributed by atoms with E-state index in [0.29, 0.717) is 29.4 Å². The van der Waals surface area contributed by atoms with Crippen molar-refractivity contribution in [1.29, 1.82) is 0 Å². The molecule has 0 atom stereocenters. The molecule has 0 aliphatic heterocycles. The highest BCUT2D eigenvalue weighted by Crippen LogP contribution is 2.17. The second kappa shape index (κ2) is 9.54. The van der Waals surface area contributed by atoms with Crippen molar-refractivity contribution in [2.75, 3.05) is 13.7 Å². The van der Waals surface area contributed by atoms with Gasteiger partial charge in [0.25, 0.3) is 5.91 Å². The third kappa shape index (κ3) is 6.35. The van der Waals surface area contributed by atoms with E-state index >= 15 is 0 Å². The van der Waals surface area contributed by atoms with Crippen LogP contribution in [0.25, 0.3) is 0 Å². The highest BCUT2D eigenvalue weighted by atomic mass is 35.5. The molecule has 132 valence electrons. The lowest BCUT2D eigenvalue weighted by atomic mass is 10.2. The molecule has 0 saturated carbocycles. The molecule has 0 aliphatic rings. The SMILES string of the molecule is COc1ccc(OCCCC(=O)NNC(=O)c2cccc(Cl)c2)cc1. The molecule has 0 aromatic heterocycles. The van der Waals surface area contributed by atoms with Crippen LogP contribution in [0.2, 0.25) is 5.02 Å². The van der Waals surface area contributed by atoms with E-state index in [-0.39, 0.29) is 12.3 Å². The van der Waals surface area contributed by atoms with E-state index < -0.39 is 5.91 Å². The zero-order valence-corrected chi connectivity index (χ0v) is 14.5. The first kappa shape index (κ1) is 18.6. The van der Waals surface area contributed by atoms with Gasteiger partial charge in [0.2, 0.25) is 5.91 Å². The number of hydrazine groups is 1. The molecule has 0 radical (unpaired) electrons. The van der Waals surface area contributed by atoms with Crippen LogP contribution in [0.4, 0.5) is 0 Å². The summed E-state index contributed by atoms with van der Waals surface area (Å²) in [5, 5.41) is 0.453. The average Bonchev–Trinajstić information content (AvgIpc) is 2.63. The Morgan fingerprint density at radius 2 is 1.76 bits per heavy atom. The second-order valence-corrected chi connectivity index (χ2v) is 5.58. The lowest BCUT2D eigenvalue weighted by molar-refractivity contribution is -0.122. The molecule has 2 rings (SSSR count). The minimum Gasteiger partial charge on any atom is -0.497 e. The Hall–Kier alpha value is -2.73. The number of carbonyl (C=O) groups is 2. The highest BCUT2D eigenvalue weighted by molar-refractivity contribution is 6.30. The third-order valence-electron chi connectivity index (χ3n) is 3.28. The van der Waals surface area contributed by atoms with Gasteiger partial charge in [0, 0.05) is 17.0 Å². The Morgan fingerprint density at radius 1 is 1.04 bits per heavy atom. The van der Waals surface area contributed by atoms with Gasteiger partial charge in [-0.25, -0.2) is 0 Å². The van der Waals surface area contributed by atoms with Crippen LogP contribution in [0.15, 0.2) is 48.5 Å². The second-order valence-electron chi connectivity index (χ2n) is 5.14. The van der Waals surface area contributed by atoms with Crippen LogP contribution in [0.3, 0.4) is 0 Å². The van der Waals surface area contributed by atoms with E-state index in [2.05, 4.69) is 10.9 Å². The zero-order valence-electron chi connectivity index (χ0n) is 13.8. The zero-order chi connectivity index (χ0) is 18.1. The first-order valence-electron chi connectivity index (χ1n) is 7.70. The Labute approximate surface area is 151 Å². The first-order valence-corrected chi connectivity index (χ1v) is 8.08. The summed E-state index contributed by atoms with van der Waals surface area (Å²) in [5.74, 6) is 0.733. The molecule has 7 heteroatoms. The number of amides is 2. The minimum atomic E-state index is -0.426. The summed E-state index contributed by atoms with van der Waals surface area (Å²) >= 11 is 5.82. The van der Waals surface area contributed by atoms with E-state index in [1.165, 1.54) is 6.07 Å². The molecule has 0 spiro atoms. The Balaban J connectivity index is 1.64. The van der Waals surface area contributed by atoms with Crippen LogP contribution in [-0.2, 0) is 4.79 Å². The molecule has 0 bridgehead atoms. The van der Waals surface area contributed by atoms with Crippen LogP contribution in [0.1, 0.15) is 23.2 Å². The number of rotatable bonds is 7. The molecule has 0 heterocycles. The summed E-state index contributed by atoms with van der Waals surface area (Å²) in [6.07, 6.45) is 0.747. The quantitative estimate of drug-likeness (QED) is 0.586. The van der Waals surface area contributed by atoms with Gasteiger partial charge in [-0.3, -0.25) is 20.4 Å².